The molecule has 1 aromatic carbocycles. The highest BCUT2D eigenvalue weighted by Gasteiger charge is 2.30. The molecule has 2 rings (SSSR count). The second-order valence-corrected chi connectivity index (χ2v) is 5.93. The minimum atomic E-state index is -4.38. The first-order chi connectivity index (χ1) is 9.81. The van der Waals surface area contributed by atoms with Crippen LogP contribution in [0.3, 0.4) is 0 Å². The lowest BCUT2D eigenvalue weighted by molar-refractivity contribution is -0.137. The Morgan fingerprint density at radius 2 is 2.05 bits per heavy atom. The van der Waals surface area contributed by atoms with Crippen molar-refractivity contribution in [1.82, 2.24) is 4.98 Å². The van der Waals surface area contributed by atoms with Crippen molar-refractivity contribution in [3.8, 4) is 0 Å². The van der Waals surface area contributed by atoms with Gasteiger partial charge in [-0.3, -0.25) is 0 Å². The van der Waals surface area contributed by atoms with Gasteiger partial charge in [-0.1, -0.05) is 31.3 Å². The van der Waals surface area contributed by atoms with Gasteiger partial charge in [0.15, 0.2) is 5.13 Å². The molecule has 0 radical (unpaired) electrons. The Morgan fingerprint density at radius 3 is 2.57 bits per heavy atom. The van der Waals surface area contributed by atoms with Gasteiger partial charge < -0.3 is 10.4 Å². The third-order valence-corrected chi connectivity index (χ3v) is 3.83. The number of hydrogen-bond acceptors (Lipinski definition) is 4. The highest BCUT2D eigenvalue weighted by Crippen LogP contribution is 2.33. The Kier molecular flexibility index (Phi) is 4.53. The Balaban J connectivity index is 2.26. The summed E-state index contributed by atoms with van der Waals surface area (Å²) in [5, 5.41) is 12.6. The maximum Gasteiger partial charge on any atom is 0.416 e. The third kappa shape index (κ3) is 3.74. The van der Waals surface area contributed by atoms with Gasteiger partial charge in [-0.15, -0.1) is 0 Å². The fourth-order valence-corrected chi connectivity index (χ4v) is 2.87. The molecule has 3 nitrogen and oxygen atoms in total. The molecule has 1 heterocycles. The predicted octanol–water partition coefficient (Wildman–Crippen LogP) is 4.52. The number of halogens is 3. The molecule has 114 valence electrons. The minimum Gasteiger partial charge on any atom is -0.391 e. The molecule has 0 unspecified atom stereocenters. The summed E-state index contributed by atoms with van der Waals surface area (Å²) in [4.78, 5) is 5.06. The molecule has 21 heavy (non-hydrogen) atoms. The normalized spacial score (nSPS) is 12.0. The van der Waals surface area contributed by atoms with Crippen LogP contribution in [-0.4, -0.2) is 10.1 Å². The van der Waals surface area contributed by atoms with Crippen LogP contribution in [0.25, 0.3) is 0 Å². The average molecular weight is 316 g/mol. The van der Waals surface area contributed by atoms with Crippen LogP contribution >= 0.6 is 11.3 Å². The molecular formula is C14H15F3N2OS. The summed E-state index contributed by atoms with van der Waals surface area (Å²) in [6.45, 7) is 3.76. The smallest absolute Gasteiger partial charge is 0.391 e. The summed E-state index contributed by atoms with van der Waals surface area (Å²) in [6, 6.07) is 4.94. The molecule has 2 N–H and O–H groups in total. The SMILES string of the molecule is CC(C)c1nc(Nc2cccc(C(F)(F)F)c2)sc1CO. The van der Waals surface area contributed by atoms with Crippen LogP contribution in [0.1, 0.15) is 35.9 Å². The molecule has 7 heteroatoms. The van der Waals surface area contributed by atoms with Crippen molar-refractivity contribution in [2.24, 2.45) is 0 Å². The van der Waals surface area contributed by atoms with E-state index in [1.54, 1.807) is 6.07 Å². The quantitative estimate of drug-likeness (QED) is 0.871. The summed E-state index contributed by atoms with van der Waals surface area (Å²) in [5.41, 5.74) is 0.367. The van der Waals surface area contributed by atoms with E-state index in [4.69, 9.17) is 0 Å². The van der Waals surface area contributed by atoms with Crippen LogP contribution in [0.4, 0.5) is 24.0 Å². The second-order valence-electron chi connectivity index (χ2n) is 4.84. The fourth-order valence-electron chi connectivity index (χ4n) is 1.88. The van der Waals surface area contributed by atoms with Crippen LogP contribution in [-0.2, 0) is 12.8 Å². The van der Waals surface area contributed by atoms with E-state index in [0.29, 0.717) is 10.8 Å². The van der Waals surface area contributed by atoms with Gasteiger partial charge in [0.05, 0.1) is 22.7 Å². The number of alkyl halides is 3. The van der Waals surface area contributed by atoms with Crippen molar-refractivity contribution < 1.29 is 18.3 Å². The highest BCUT2D eigenvalue weighted by molar-refractivity contribution is 7.15. The number of hydrogen-bond donors (Lipinski definition) is 2. The third-order valence-electron chi connectivity index (χ3n) is 2.86. The van der Waals surface area contributed by atoms with Crippen LogP contribution in [0.2, 0.25) is 0 Å². The summed E-state index contributed by atoms with van der Waals surface area (Å²) in [5.74, 6) is 0.139. The zero-order valence-electron chi connectivity index (χ0n) is 11.5. The molecule has 0 aliphatic heterocycles. The van der Waals surface area contributed by atoms with E-state index >= 15 is 0 Å². The van der Waals surface area contributed by atoms with Crippen molar-refractivity contribution in [2.75, 3.05) is 5.32 Å². The van der Waals surface area contributed by atoms with E-state index in [1.807, 2.05) is 13.8 Å². The Labute approximate surface area is 124 Å². The second kappa shape index (κ2) is 6.03. The van der Waals surface area contributed by atoms with Crippen LogP contribution < -0.4 is 5.32 Å². The van der Waals surface area contributed by atoms with E-state index in [2.05, 4.69) is 10.3 Å². The van der Waals surface area contributed by atoms with Gasteiger partial charge in [-0.05, 0) is 24.1 Å². The molecule has 0 amide bonds. The first-order valence-electron chi connectivity index (χ1n) is 6.36. The Bertz CT molecular complexity index is 623. The monoisotopic (exact) mass is 316 g/mol. The lowest BCUT2D eigenvalue weighted by Crippen LogP contribution is -2.05. The Hall–Kier alpha value is -1.60. The number of anilines is 2. The molecule has 0 aliphatic carbocycles. The maximum atomic E-state index is 12.7. The largest absolute Gasteiger partial charge is 0.416 e. The summed E-state index contributed by atoms with van der Waals surface area (Å²) in [6.07, 6.45) is -4.38. The van der Waals surface area contributed by atoms with E-state index in [1.165, 1.54) is 17.4 Å². The highest BCUT2D eigenvalue weighted by atomic mass is 32.1. The number of nitrogens with one attached hydrogen (secondary N) is 1. The molecule has 0 fully saturated rings. The van der Waals surface area contributed by atoms with Crippen LogP contribution in [0.15, 0.2) is 24.3 Å². The number of rotatable bonds is 4. The van der Waals surface area contributed by atoms with Gasteiger partial charge in [0.2, 0.25) is 0 Å². The predicted molar refractivity (Wildman–Crippen MR) is 76.9 cm³/mol. The molecular weight excluding hydrogens is 301 g/mol. The topological polar surface area (TPSA) is 45.2 Å². The first kappa shape index (κ1) is 15.8. The average Bonchev–Trinajstić information content (AvgIpc) is 2.81. The van der Waals surface area contributed by atoms with Gasteiger partial charge in [0.1, 0.15) is 0 Å². The fraction of sp³-hybridized carbons (Fsp3) is 0.357. The van der Waals surface area contributed by atoms with Crippen molar-refractivity contribution in [3.63, 3.8) is 0 Å². The van der Waals surface area contributed by atoms with Crippen molar-refractivity contribution in [1.29, 1.82) is 0 Å². The summed E-state index contributed by atoms with van der Waals surface area (Å²) in [7, 11) is 0. The van der Waals surface area contributed by atoms with E-state index < -0.39 is 11.7 Å². The molecule has 2 aromatic rings. The molecule has 1 aromatic heterocycles. The van der Waals surface area contributed by atoms with Gasteiger partial charge >= 0.3 is 6.18 Å². The maximum absolute atomic E-state index is 12.7. The number of aliphatic hydroxyl groups is 1. The van der Waals surface area contributed by atoms with Gasteiger partial charge in [-0.25, -0.2) is 4.98 Å². The first-order valence-corrected chi connectivity index (χ1v) is 7.17. The summed E-state index contributed by atoms with van der Waals surface area (Å²) >= 11 is 1.24. The number of benzene rings is 1. The molecule has 0 bridgehead atoms. The molecule has 0 atom stereocenters. The number of aliphatic hydroxyl groups excluding tert-OH is 1. The van der Waals surface area contributed by atoms with Gasteiger partial charge in [-0.2, -0.15) is 13.2 Å². The van der Waals surface area contributed by atoms with Crippen LogP contribution in [0.5, 0.6) is 0 Å². The summed E-state index contributed by atoms with van der Waals surface area (Å²) < 4.78 is 38.0. The van der Waals surface area contributed by atoms with Gasteiger partial charge in [0.25, 0.3) is 0 Å². The van der Waals surface area contributed by atoms with Crippen molar-refractivity contribution in [2.45, 2.75) is 32.5 Å². The lowest BCUT2D eigenvalue weighted by Gasteiger charge is -2.09. The van der Waals surface area contributed by atoms with Crippen LogP contribution in [0, 0.1) is 0 Å². The lowest BCUT2D eigenvalue weighted by atomic mass is 10.1. The van der Waals surface area contributed by atoms with Crippen molar-refractivity contribution in [3.05, 3.63) is 40.4 Å². The molecule has 0 aliphatic rings. The number of aromatic nitrogens is 1. The standard InChI is InChI=1S/C14H15F3N2OS/c1-8(2)12-11(7-20)21-13(19-12)18-10-5-3-4-9(6-10)14(15,16)17/h3-6,8,20H,7H2,1-2H3,(H,18,19). The van der Waals surface area contributed by atoms with E-state index in [9.17, 15) is 18.3 Å². The number of thiazole rings is 1. The van der Waals surface area contributed by atoms with Gasteiger partial charge in [0, 0.05) is 5.69 Å². The molecule has 0 saturated heterocycles. The number of nitrogens with zero attached hydrogens (tertiary/aromatic N) is 1. The Morgan fingerprint density at radius 1 is 1.33 bits per heavy atom. The van der Waals surface area contributed by atoms with E-state index in [0.717, 1.165) is 22.7 Å². The molecule has 0 spiro atoms. The zero-order chi connectivity index (χ0) is 15.6. The van der Waals surface area contributed by atoms with E-state index in [-0.39, 0.29) is 12.5 Å². The van der Waals surface area contributed by atoms with Crippen molar-refractivity contribution >= 4 is 22.2 Å². The zero-order valence-corrected chi connectivity index (χ0v) is 12.3. The minimum absolute atomic E-state index is 0.130. The molecule has 0 saturated carbocycles.